The van der Waals surface area contributed by atoms with Gasteiger partial charge < -0.3 is 15.4 Å². The number of nitrogens with one attached hydrogen (secondary N) is 2. The van der Waals surface area contributed by atoms with Gasteiger partial charge in [-0.2, -0.15) is 0 Å². The number of aromatic nitrogens is 1. The van der Waals surface area contributed by atoms with Crippen LogP contribution in [-0.2, 0) is 37.4 Å². The second-order valence-electron chi connectivity index (χ2n) is 10.9. The molecular formula is C30H25BrClN5O4. The van der Waals surface area contributed by atoms with Gasteiger partial charge in [-0.1, -0.05) is 29.8 Å². The van der Waals surface area contributed by atoms with Crippen LogP contribution in [0.5, 0.6) is 0 Å². The minimum atomic E-state index is -0.971. The van der Waals surface area contributed by atoms with Crippen molar-refractivity contribution in [3.63, 3.8) is 0 Å². The molecule has 208 valence electrons. The van der Waals surface area contributed by atoms with Gasteiger partial charge in [0.15, 0.2) is 0 Å². The smallest absolute Gasteiger partial charge is 0.256 e. The summed E-state index contributed by atoms with van der Waals surface area (Å²) >= 11 is 10.1. The number of rotatable bonds is 4. The van der Waals surface area contributed by atoms with Crippen LogP contribution in [0, 0.1) is 0 Å². The highest BCUT2D eigenvalue weighted by molar-refractivity contribution is 9.10. The second kappa shape index (κ2) is 9.75. The Hall–Kier alpha value is -3.60. The van der Waals surface area contributed by atoms with E-state index in [9.17, 15) is 14.4 Å². The minimum Gasteiger partial charge on any atom is -0.381 e. The van der Waals surface area contributed by atoms with Crippen molar-refractivity contribution < 1.29 is 19.1 Å². The molecule has 2 aromatic carbocycles. The first-order chi connectivity index (χ1) is 19.8. The quantitative estimate of drug-likeness (QED) is 0.446. The van der Waals surface area contributed by atoms with E-state index in [-0.39, 0.29) is 24.3 Å². The maximum atomic E-state index is 13.8. The Morgan fingerprint density at radius 3 is 2.71 bits per heavy atom. The molecule has 2 N–H and O–H groups in total. The molecule has 1 aliphatic carbocycles. The summed E-state index contributed by atoms with van der Waals surface area (Å²) in [6.45, 7) is 0.614. The number of hydrogen-bond donors (Lipinski definition) is 2. The van der Waals surface area contributed by atoms with Gasteiger partial charge in [-0.3, -0.25) is 24.3 Å². The third kappa shape index (κ3) is 4.19. The van der Waals surface area contributed by atoms with E-state index >= 15 is 0 Å². The number of benzene rings is 2. The van der Waals surface area contributed by atoms with Crippen LogP contribution in [0.4, 0.5) is 11.5 Å². The Balaban J connectivity index is 1.13. The fourth-order valence-electron chi connectivity index (χ4n) is 6.43. The zero-order chi connectivity index (χ0) is 28.4. The highest BCUT2D eigenvalue weighted by Crippen LogP contribution is 2.47. The second-order valence-corrected chi connectivity index (χ2v) is 12.1. The molecule has 0 saturated carbocycles. The predicted molar refractivity (Wildman–Crippen MR) is 157 cm³/mol. The molecule has 0 radical (unpaired) electrons. The van der Waals surface area contributed by atoms with Crippen molar-refractivity contribution in [3.8, 4) is 0 Å². The molecule has 3 aliphatic heterocycles. The Bertz CT molecular complexity index is 1650. The third-order valence-corrected chi connectivity index (χ3v) is 9.47. The maximum absolute atomic E-state index is 13.8. The summed E-state index contributed by atoms with van der Waals surface area (Å²) in [7, 11) is 0. The average Bonchev–Trinajstić information content (AvgIpc) is 3.55. The highest BCUT2D eigenvalue weighted by Gasteiger charge is 2.52. The minimum absolute atomic E-state index is 0.0554. The number of ether oxygens (including phenoxy) is 1. The number of pyridine rings is 1. The summed E-state index contributed by atoms with van der Waals surface area (Å²) in [6, 6.07) is 14.9. The number of amidine groups is 1. The average molecular weight is 635 g/mol. The summed E-state index contributed by atoms with van der Waals surface area (Å²) in [5.74, 6) is 0.339. The molecule has 1 unspecified atom stereocenters. The topological polar surface area (TPSA) is 113 Å². The Morgan fingerprint density at radius 2 is 1.90 bits per heavy atom. The van der Waals surface area contributed by atoms with Gasteiger partial charge in [-0.05, 0) is 70.2 Å². The molecular weight excluding hydrogens is 610 g/mol. The first-order valence-electron chi connectivity index (χ1n) is 13.4. The fraction of sp³-hybridized carbons (Fsp3) is 0.300. The SMILES string of the molecule is O=C(CN1C(=O)C2(CCOCC2)N=C1c1c(Cl)cccc1Br)Nc1ccc2c(c1)CC1(C2)C(=O)Nc2ncccc21. The van der Waals surface area contributed by atoms with Gasteiger partial charge in [0, 0.05) is 53.5 Å². The van der Waals surface area contributed by atoms with Gasteiger partial charge >= 0.3 is 0 Å². The van der Waals surface area contributed by atoms with E-state index in [4.69, 9.17) is 21.3 Å². The van der Waals surface area contributed by atoms with Crippen molar-refractivity contribution in [2.75, 3.05) is 30.4 Å². The van der Waals surface area contributed by atoms with Gasteiger partial charge in [0.05, 0.1) is 10.4 Å². The molecule has 0 bridgehead atoms. The zero-order valence-electron chi connectivity index (χ0n) is 21.9. The van der Waals surface area contributed by atoms with Crippen molar-refractivity contribution in [2.24, 2.45) is 4.99 Å². The van der Waals surface area contributed by atoms with Crippen LogP contribution < -0.4 is 10.6 Å². The summed E-state index contributed by atoms with van der Waals surface area (Å²) in [5, 5.41) is 6.30. The predicted octanol–water partition coefficient (Wildman–Crippen LogP) is 4.26. The first-order valence-corrected chi connectivity index (χ1v) is 14.6. The summed E-state index contributed by atoms with van der Waals surface area (Å²) in [6.07, 6.45) is 3.64. The van der Waals surface area contributed by atoms with Crippen LogP contribution >= 0.6 is 27.5 Å². The fourth-order valence-corrected chi connectivity index (χ4v) is 7.35. The number of nitrogens with zero attached hydrogens (tertiary/aromatic N) is 3. The van der Waals surface area contributed by atoms with E-state index < -0.39 is 11.0 Å². The number of amides is 3. The molecule has 11 heteroatoms. The zero-order valence-corrected chi connectivity index (χ0v) is 24.2. The van der Waals surface area contributed by atoms with E-state index in [1.165, 1.54) is 4.90 Å². The van der Waals surface area contributed by atoms with Gasteiger partial charge in [-0.15, -0.1) is 0 Å². The van der Waals surface area contributed by atoms with Crippen LogP contribution in [0.2, 0.25) is 5.02 Å². The van der Waals surface area contributed by atoms with Crippen molar-refractivity contribution in [3.05, 3.63) is 86.5 Å². The van der Waals surface area contributed by atoms with Crippen LogP contribution in [0.15, 0.2) is 64.2 Å². The number of halogens is 2. The molecule has 3 aromatic rings. The number of aliphatic imine (C=N–C) groups is 1. The number of carbonyl (C=O) groups excluding carboxylic acids is 3. The molecule has 1 aromatic heterocycles. The molecule has 3 amide bonds. The molecule has 2 spiro atoms. The highest BCUT2D eigenvalue weighted by atomic mass is 79.9. The first kappa shape index (κ1) is 26.3. The third-order valence-electron chi connectivity index (χ3n) is 8.49. The summed E-state index contributed by atoms with van der Waals surface area (Å²) in [5.41, 5.74) is 2.47. The Morgan fingerprint density at radius 1 is 1.10 bits per heavy atom. The number of fused-ring (bicyclic) bond motifs is 3. The lowest BCUT2D eigenvalue weighted by Gasteiger charge is -2.29. The summed E-state index contributed by atoms with van der Waals surface area (Å²) in [4.78, 5) is 50.9. The van der Waals surface area contributed by atoms with Crippen molar-refractivity contribution >= 4 is 62.6 Å². The van der Waals surface area contributed by atoms with E-state index in [0.717, 1.165) is 16.7 Å². The molecule has 7 rings (SSSR count). The lowest BCUT2D eigenvalue weighted by molar-refractivity contribution is -0.136. The van der Waals surface area contributed by atoms with E-state index in [1.54, 1.807) is 18.3 Å². The molecule has 1 fully saturated rings. The monoisotopic (exact) mass is 633 g/mol. The number of carbonyl (C=O) groups is 3. The Labute approximate surface area is 249 Å². The molecule has 1 atom stereocenters. The maximum Gasteiger partial charge on any atom is 0.256 e. The van der Waals surface area contributed by atoms with Gasteiger partial charge in [-0.25, -0.2) is 4.98 Å². The van der Waals surface area contributed by atoms with Crippen LogP contribution in [0.3, 0.4) is 0 Å². The van der Waals surface area contributed by atoms with Crippen LogP contribution in [-0.4, -0.2) is 58.7 Å². The van der Waals surface area contributed by atoms with Crippen molar-refractivity contribution in [1.29, 1.82) is 0 Å². The molecule has 4 aliphatic rings. The molecule has 41 heavy (non-hydrogen) atoms. The molecule has 1 saturated heterocycles. The number of hydrogen-bond acceptors (Lipinski definition) is 6. The van der Waals surface area contributed by atoms with Crippen molar-refractivity contribution in [2.45, 2.75) is 36.6 Å². The summed E-state index contributed by atoms with van der Waals surface area (Å²) < 4.78 is 6.19. The normalized spacial score (nSPS) is 22.1. The van der Waals surface area contributed by atoms with E-state index in [0.29, 0.717) is 71.3 Å². The van der Waals surface area contributed by atoms with Crippen molar-refractivity contribution in [1.82, 2.24) is 9.88 Å². The lowest BCUT2D eigenvalue weighted by Crippen LogP contribution is -2.48. The molecule has 9 nitrogen and oxygen atoms in total. The van der Waals surface area contributed by atoms with Gasteiger partial charge in [0.1, 0.15) is 23.7 Å². The van der Waals surface area contributed by atoms with Crippen LogP contribution in [0.25, 0.3) is 0 Å². The van der Waals surface area contributed by atoms with E-state index in [2.05, 4.69) is 31.5 Å². The van der Waals surface area contributed by atoms with E-state index in [1.807, 2.05) is 36.4 Å². The van der Waals surface area contributed by atoms with Crippen LogP contribution in [0.1, 0.15) is 35.1 Å². The standard InChI is InChI=1S/C30H25BrClN5O4/c31-21-4-1-5-22(32)24(21)26-36-30(8-11-41-12-9-30)28(40)37(26)16-23(38)34-19-7-6-17-14-29(15-18(17)13-19)20-3-2-10-33-25(20)35-27(29)39/h1-7,10,13H,8-9,11-12,14-16H2,(H,34,38)(H,33,35,39). The molecule has 4 heterocycles. The largest absolute Gasteiger partial charge is 0.381 e. The number of anilines is 2. The van der Waals surface area contributed by atoms with Gasteiger partial charge in [0.25, 0.3) is 5.91 Å². The van der Waals surface area contributed by atoms with Gasteiger partial charge in [0.2, 0.25) is 11.8 Å². The lowest BCUT2D eigenvalue weighted by atomic mass is 9.79. The Kier molecular flexibility index (Phi) is 6.26.